The predicted octanol–water partition coefficient (Wildman–Crippen LogP) is 3.07. The third kappa shape index (κ3) is 3.93. The molecule has 0 radical (unpaired) electrons. The van der Waals surface area contributed by atoms with Crippen LogP contribution in [-0.4, -0.2) is 31.2 Å². The van der Waals surface area contributed by atoms with E-state index in [0.717, 1.165) is 0 Å². The van der Waals surface area contributed by atoms with Gasteiger partial charge in [-0.05, 0) is 18.2 Å². The van der Waals surface area contributed by atoms with Crippen LogP contribution in [0.3, 0.4) is 0 Å². The number of hydrogen-bond acceptors (Lipinski definition) is 5. The van der Waals surface area contributed by atoms with Crippen LogP contribution in [0.1, 0.15) is 9.67 Å². The second-order valence-corrected chi connectivity index (χ2v) is 5.12. The van der Waals surface area contributed by atoms with Gasteiger partial charge in [-0.25, -0.2) is 0 Å². The molecular formula is C13H13ClN2O3S. The number of aromatic nitrogens is 1. The number of thiazole rings is 1. The number of carbonyl (C=O) groups excluding carboxylic acids is 1. The van der Waals surface area contributed by atoms with E-state index < -0.39 is 0 Å². The van der Waals surface area contributed by atoms with Crippen molar-refractivity contribution in [2.24, 2.45) is 0 Å². The van der Waals surface area contributed by atoms with Gasteiger partial charge in [0.05, 0.1) is 24.0 Å². The highest BCUT2D eigenvalue weighted by atomic mass is 35.5. The van der Waals surface area contributed by atoms with Crippen LogP contribution in [0.15, 0.2) is 29.9 Å². The molecule has 5 nitrogen and oxygen atoms in total. The number of anilines is 1. The van der Waals surface area contributed by atoms with E-state index in [1.54, 1.807) is 30.8 Å². The Balaban J connectivity index is 2.12. The van der Waals surface area contributed by atoms with Crippen molar-refractivity contribution < 1.29 is 14.3 Å². The fraction of sp³-hybridized carbons (Fsp3) is 0.231. The van der Waals surface area contributed by atoms with Crippen LogP contribution in [0.5, 0.6) is 5.75 Å². The van der Waals surface area contributed by atoms with Crippen LogP contribution in [0.25, 0.3) is 0 Å². The van der Waals surface area contributed by atoms with Gasteiger partial charge in [0, 0.05) is 12.1 Å². The van der Waals surface area contributed by atoms with Gasteiger partial charge in [-0.1, -0.05) is 11.6 Å². The number of methoxy groups -OCH3 is 1. The molecule has 2 aromatic rings. The third-order valence-electron chi connectivity index (χ3n) is 2.39. The number of rotatable bonds is 6. The number of nitrogens with zero attached hydrogens (tertiary/aromatic N) is 1. The summed E-state index contributed by atoms with van der Waals surface area (Å²) in [6.07, 6.45) is 1.51. The highest BCUT2D eigenvalue weighted by Gasteiger charge is 2.12. The number of ether oxygens (including phenoxy) is 2. The summed E-state index contributed by atoms with van der Waals surface area (Å²) in [5.41, 5.74) is 2.12. The number of hydrogen-bond donors (Lipinski definition) is 1. The Bertz CT molecular complexity index is 575. The summed E-state index contributed by atoms with van der Waals surface area (Å²) in [6.45, 7) is 0.854. The maximum absolute atomic E-state index is 12.0. The van der Waals surface area contributed by atoms with Gasteiger partial charge in [-0.15, -0.1) is 11.3 Å². The molecule has 0 aliphatic carbocycles. The highest BCUT2D eigenvalue weighted by Crippen LogP contribution is 2.28. The zero-order valence-electron chi connectivity index (χ0n) is 10.8. The Morgan fingerprint density at radius 3 is 3.00 bits per heavy atom. The summed E-state index contributed by atoms with van der Waals surface area (Å²) in [5.74, 6) is 0.302. The molecule has 1 aromatic carbocycles. The molecule has 0 fully saturated rings. The molecule has 0 spiro atoms. The summed E-state index contributed by atoms with van der Waals surface area (Å²) < 4.78 is 10.5. The molecule has 0 bridgehead atoms. The Kier molecular flexibility index (Phi) is 5.34. The van der Waals surface area contributed by atoms with E-state index in [-0.39, 0.29) is 5.91 Å². The lowest BCUT2D eigenvalue weighted by Gasteiger charge is -2.12. The summed E-state index contributed by atoms with van der Waals surface area (Å²) in [4.78, 5) is 16.4. The fourth-order valence-electron chi connectivity index (χ4n) is 1.47. The largest absolute Gasteiger partial charge is 0.489 e. The van der Waals surface area contributed by atoms with Gasteiger partial charge in [-0.2, -0.15) is 0 Å². The molecule has 0 unspecified atom stereocenters. The highest BCUT2D eigenvalue weighted by molar-refractivity contribution is 7.11. The Morgan fingerprint density at radius 1 is 1.45 bits per heavy atom. The van der Waals surface area contributed by atoms with Gasteiger partial charge >= 0.3 is 0 Å². The van der Waals surface area contributed by atoms with Crippen molar-refractivity contribution in [3.05, 3.63) is 39.8 Å². The van der Waals surface area contributed by atoms with Crippen LogP contribution in [0, 0.1) is 0 Å². The molecule has 0 atom stereocenters. The van der Waals surface area contributed by atoms with Gasteiger partial charge in [0.25, 0.3) is 5.91 Å². The molecule has 1 aromatic heterocycles. The number of amides is 1. The van der Waals surface area contributed by atoms with E-state index in [1.807, 2.05) is 0 Å². The molecule has 0 saturated carbocycles. The smallest absolute Gasteiger partial charge is 0.267 e. The number of carbonyl (C=O) groups is 1. The third-order valence-corrected chi connectivity index (χ3v) is 3.40. The molecule has 0 aliphatic heterocycles. The topological polar surface area (TPSA) is 60.5 Å². The zero-order chi connectivity index (χ0) is 14.4. The standard InChI is InChI=1S/C13H13ClN2O3S/c1-18-4-5-19-11-3-2-9(14)6-10(11)16-13(17)12-7-15-8-20-12/h2-3,6-8H,4-5H2,1H3,(H,16,17). The van der Waals surface area contributed by atoms with Crippen LogP contribution in [0.4, 0.5) is 5.69 Å². The van der Waals surface area contributed by atoms with Gasteiger partial charge in [0.15, 0.2) is 0 Å². The van der Waals surface area contributed by atoms with Gasteiger partial charge in [0.2, 0.25) is 0 Å². The van der Waals surface area contributed by atoms with Crippen molar-refractivity contribution in [2.75, 3.05) is 25.6 Å². The second kappa shape index (κ2) is 7.23. The van der Waals surface area contributed by atoms with Crippen molar-refractivity contribution >= 4 is 34.5 Å². The zero-order valence-corrected chi connectivity index (χ0v) is 12.3. The van der Waals surface area contributed by atoms with E-state index >= 15 is 0 Å². The van der Waals surface area contributed by atoms with Gasteiger partial charge in [-0.3, -0.25) is 9.78 Å². The lowest BCUT2D eigenvalue weighted by atomic mass is 10.3. The first-order valence-corrected chi connectivity index (χ1v) is 7.07. The normalized spacial score (nSPS) is 10.3. The minimum atomic E-state index is -0.244. The SMILES string of the molecule is COCCOc1ccc(Cl)cc1NC(=O)c1cncs1. The maximum atomic E-state index is 12.0. The van der Waals surface area contributed by atoms with E-state index in [2.05, 4.69) is 10.3 Å². The number of nitrogens with one attached hydrogen (secondary N) is 1. The lowest BCUT2D eigenvalue weighted by Crippen LogP contribution is -2.12. The van der Waals surface area contributed by atoms with Crippen molar-refractivity contribution in [2.45, 2.75) is 0 Å². The molecule has 0 aliphatic rings. The van der Waals surface area contributed by atoms with E-state index in [4.69, 9.17) is 21.1 Å². The molecule has 1 N–H and O–H groups in total. The minimum Gasteiger partial charge on any atom is -0.489 e. The molecule has 1 amide bonds. The Morgan fingerprint density at radius 2 is 2.30 bits per heavy atom. The van der Waals surface area contributed by atoms with Gasteiger partial charge in [0.1, 0.15) is 17.2 Å². The van der Waals surface area contributed by atoms with Crippen molar-refractivity contribution in [3.8, 4) is 5.75 Å². The van der Waals surface area contributed by atoms with Crippen molar-refractivity contribution in [3.63, 3.8) is 0 Å². The summed E-state index contributed by atoms with van der Waals surface area (Å²) in [6, 6.07) is 5.05. The first-order chi connectivity index (χ1) is 9.70. The predicted molar refractivity (Wildman–Crippen MR) is 78.9 cm³/mol. The molecule has 106 valence electrons. The lowest BCUT2D eigenvalue weighted by molar-refractivity contribution is 0.102. The van der Waals surface area contributed by atoms with Gasteiger partial charge < -0.3 is 14.8 Å². The maximum Gasteiger partial charge on any atom is 0.267 e. The Hall–Kier alpha value is -1.63. The number of benzene rings is 1. The summed E-state index contributed by atoms with van der Waals surface area (Å²) in [7, 11) is 1.59. The first kappa shape index (κ1) is 14.8. The van der Waals surface area contributed by atoms with E-state index in [9.17, 15) is 4.79 Å². The van der Waals surface area contributed by atoms with Crippen LogP contribution in [-0.2, 0) is 4.74 Å². The van der Waals surface area contributed by atoms with Crippen LogP contribution >= 0.6 is 22.9 Å². The molecule has 0 saturated heterocycles. The first-order valence-electron chi connectivity index (χ1n) is 5.82. The minimum absolute atomic E-state index is 0.244. The monoisotopic (exact) mass is 312 g/mol. The molecule has 7 heteroatoms. The van der Waals surface area contributed by atoms with E-state index in [0.29, 0.717) is 34.6 Å². The molecule has 2 rings (SSSR count). The fourth-order valence-corrected chi connectivity index (χ4v) is 2.16. The molecular weight excluding hydrogens is 300 g/mol. The Labute approximate surface area is 125 Å². The van der Waals surface area contributed by atoms with Crippen molar-refractivity contribution in [1.82, 2.24) is 4.98 Å². The number of halogens is 1. The van der Waals surface area contributed by atoms with Crippen LogP contribution in [0.2, 0.25) is 5.02 Å². The second-order valence-electron chi connectivity index (χ2n) is 3.80. The van der Waals surface area contributed by atoms with Crippen molar-refractivity contribution in [1.29, 1.82) is 0 Å². The molecule has 1 heterocycles. The quantitative estimate of drug-likeness (QED) is 0.833. The summed E-state index contributed by atoms with van der Waals surface area (Å²) in [5, 5.41) is 3.28. The van der Waals surface area contributed by atoms with Crippen LogP contribution < -0.4 is 10.1 Å². The average Bonchev–Trinajstić information content (AvgIpc) is 2.95. The molecule has 20 heavy (non-hydrogen) atoms. The summed E-state index contributed by atoms with van der Waals surface area (Å²) >= 11 is 7.21. The average molecular weight is 313 g/mol. The van der Waals surface area contributed by atoms with E-state index in [1.165, 1.54) is 17.5 Å².